The molecular formula is C18H24. The SMILES string of the molecule is CC.CCc1ccc(-c2cccc(CC)c2)cc1. The molecule has 0 saturated heterocycles. The molecule has 0 aromatic heterocycles. The van der Waals surface area contributed by atoms with Gasteiger partial charge in [0.05, 0.1) is 0 Å². The Hall–Kier alpha value is -1.56. The first-order valence-electron chi connectivity index (χ1n) is 7.01. The molecule has 0 aliphatic carbocycles. The maximum absolute atomic E-state index is 2.28. The highest BCUT2D eigenvalue weighted by atomic mass is 14.0. The number of hydrogen-bond donors (Lipinski definition) is 0. The Morgan fingerprint density at radius 3 is 1.83 bits per heavy atom. The van der Waals surface area contributed by atoms with Crippen LogP contribution in [-0.2, 0) is 12.8 Å². The standard InChI is InChI=1S/C16H18.C2H6/c1-3-13-8-10-15(11-9-13)16-7-5-6-14(4-2)12-16;1-2/h5-12H,3-4H2,1-2H3;1-2H3. The van der Waals surface area contributed by atoms with Crippen molar-refractivity contribution in [1.82, 2.24) is 0 Å². The summed E-state index contributed by atoms with van der Waals surface area (Å²) in [5, 5.41) is 0. The van der Waals surface area contributed by atoms with Crippen LogP contribution in [0.15, 0.2) is 48.5 Å². The Kier molecular flexibility index (Phi) is 6.21. The zero-order valence-electron chi connectivity index (χ0n) is 12.0. The largest absolute Gasteiger partial charge is 0.0683 e. The van der Waals surface area contributed by atoms with E-state index in [4.69, 9.17) is 0 Å². The van der Waals surface area contributed by atoms with Crippen molar-refractivity contribution in [2.45, 2.75) is 40.5 Å². The predicted molar refractivity (Wildman–Crippen MR) is 82.0 cm³/mol. The van der Waals surface area contributed by atoms with Gasteiger partial charge in [0.1, 0.15) is 0 Å². The van der Waals surface area contributed by atoms with Gasteiger partial charge < -0.3 is 0 Å². The summed E-state index contributed by atoms with van der Waals surface area (Å²) in [6.45, 7) is 8.38. The molecule has 0 N–H and O–H groups in total. The summed E-state index contributed by atoms with van der Waals surface area (Å²) >= 11 is 0. The number of rotatable bonds is 3. The van der Waals surface area contributed by atoms with Crippen molar-refractivity contribution in [3.63, 3.8) is 0 Å². The van der Waals surface area contributed by atoms with E-state index in [2.05, 4.69) is 62.4 Å². The molecule has 0 heterocycles. The van der Waals surface area contributed by atoms with Crippen LogP contribution >= 0.6 is 0 Å². The fourth-order valence-corrected chi connectivity index (χ4v) is 1.90. The van der Waals surface area contributed by atoms with Crippen molar-refractivity contribution >= 4 is 0 Å². The minimum Gasteiger partial charge on any atom is -0.0683 e. The van der Waals surface area contributed by atoms with E-state index in [-0.39, 0.29) is 0 Å². The van der Waals surface area contributed by atoms with Gasteiger partial charge in [-0.25, -0.2) is 0 Å². The van der Waals surface area contributed by atoms with Crippen LogP contribution in [0.25, 0.3) is 11.1 Å². The molecule has 0 heteroatoms. The maximum Gasteiger partial charge on any atom is -0.0181 e. The summed E-state index contributed by atoms with van der Waals surface area (Å²) < 4.78 is 0. The normalized spacial score (nSPS) is 9.56. The molecule has 0 spiro atoms. The minimum atomic E-state index is 1.10. The van der Waals surface area contributed by atoms with Crippen LogP contribution in [0.2, 0.25) is 0 Å². The Morgan fingerprint density at radius 1 is 0.667 bits per heavy atom. The molecular weight excluding hydrogens is 216 g/mol. The smallest absolute Gasteiger partial charge is 0.0181 e. The quantitative estimate of drug-likeness (QED) is 0.664. The Bertz CT molecular complexity index is 452. The van der Waals surface area contributed by atoms with Crippen LogP contribution in [0.4, 0.5) is 0 Å². The first-order valence-corrected chi connectivity index (χ1v) is 7.01. The lowest BCUT2D eigenvalue weighted by atomic mass is 10.0. The third-order valence-electron chi connectivity index (χ3n) is 3.03. The minimum absolute atomic E-state index is 1.10. The lowest BCUT2D eigenvalue weighted by Gasteiger charge is -2.05. The highest BCUT2D eigenvalue weighted by Crippen LogP contribution is 2.21. The molecule has 0 atom stereocenters. The van der Waals surface area contributed by atoms with Crippen LogP contribution in [0.3, 0.4) is 0 Å². The summed E-state index contributed by atoms with van der Waals surface area (Å²) in [6, 6.07) is 17.6. The summed E-state index contributed by atoms with van der Waals surface area (Å²) in [4.78, 5) is 0. The topological polar surface area (TPSA) is 0 Å². The zero-order chi connectivity index (χ0) is 13.4. The first kappa shape index (κ1) is 14.5. The lowest BCUT2D eigenvalue weighted by molar-refractivity contribution is 1.14. The fraction of sp³-hybridized carbons (Fsp3) is 0.333. The zero-order valence-corrected chi connectivity index (χ0v) is 12.0. The van der Waals surface area contributed by atoms with Gasteiger partial charge >= 0.3 is 0 Å². The Balaban J connectivity index is 0.000000771. The average Bonchev–Trinajstić information content (AvgIpc) is 2.49. The fourth-order valence-electron chi connectivity index (χ4n) is 1.90. The molecule has 0 amide bonds. The molecule has 2 rings (SSSR count). The van der Waals surface area contributed by atoms with Gasteiger partial charge in [-0.15, -0.1) is 0 Å². The van der Waals surface area contributed by atoms with E-state index in [9.17, 15) is 0 Å². The molecule has 0 saturated carbocycles. The van der Waals surface area contributed by atoms with E-state index in [1.165, 1.54) is 22.3 Å². The van der Waals surface area contributed by atoms with Gasteiger partial charge in [-0.1, -0.05) is 76.2 Å². The maximum atomic E-state index is 2.28. The molecule has 96 valence electrons. The number of aryl methyl sites for hydroxylation is 2. The second kappa shape index (κ2) is 7.71. The molecule has 0 aliphatic rings. The highest BCUT2D eigenvalue weighted by molar-refractivity contribution is 5.64. The van der Waals surface area contributed by atoms with Crippen molar-refractivity contribution in [2.75, 3.05) is 0 Å². The molecule has 0 fully saturated rings. The van der Waals surface area contributed by atoms with Gasteiger partial charge in [-0.3, -0.25) is 0 Å². The molecule has 2 aromatic carbocycles. The number of hydrogen-bond acceptors (Lipinski definition) is 0. The van der Waals surface area contributed by atoms with E-state index < -0.39 is 0 Å². The lowest BCUT2D eigenvalue weighted by Crippen LogP contribution is -1.84. The molecule has 0 aliphatic heterocycles. The predicted octanol–water partition coefficient (Wildman–Crippen LogP) is 5.50. The third-order valence-corrected chi connectivity index (χ3v) is 3.03. The van der Waals surface area contributed by atoms with E-state index >= 15 is 0 Å². The number of benzene rings is 2. The van der Waals surface area contributed by atoms with Crippen LogP contribution in [0, 0.1) is 0 Å². The van der Waals surface area contributed by atoms with E-state index in [0.717, 1.165) is 12.8 Å². The molecule has 18 heavy (non-hydrogen) atoms. The molecule has 0 radical (unpaired) electrons. The molecule has 2 aromatic rings. The van der Waals surface area contributed by atoms with Gasteiger partial charge in [0.2, 0.25) is 0 Å². The summed E-state index contributed by atoms with van der Waals surface area (Å²) in [5.74, 6) is 0. The summed E-state index contributed by atoms with van der Waals surface area (Å²) in [6.07, 6.45) is 2.20. The van der Waals surface area contributed by atoms with Gasteiger partial charge in [0.25, 0.3) is 0 Å². The Labute approximate surface area is 112 Å². The molecule has 0 unspecified atom stereocenters. The molecule has 0 nitrogen and oxygen atoms in total. The van der Waals surface area contributed by atoms with Gasteiger partial charge in [0, 0.05) is 0 Å². The highest BCUT2D eigenvalue weighted by Gasteiger charge is 1.98. The van der Waals surface area contributed by atoms with Crippen LogP contribution in [0.5, 0.6) is 0 Å². The van der Waals surface area contributed by atoms with E-state index in [0.29, 0.717) is 0 Å². The van der Waals surface area contributed by atoms with Gasteiger partial charge in [0.15, 0.2) is 0 Å². The van der Waals surface area contributed by atoms with Crippen molar-refractivity contribution in [3.05, 3.63) is 59.7 Å². The second-order valence-corrected chi connectivity index (χ2v) is 4.10. The van der Waals surface area contributed by atoms with Crippen molar-refractivity contribution in [2.24, 2.45) is 0 Å². The monoisotopic (exact) mass is 240 g/mol. The van der Waals surface area contributed by atoms with Crippen molar-refractivity contribution in [1.29, 1.82) is 0 Å². The van der Waals surface area contributed by atoms with Gasteiger partial charge in [-0.2, -0.15) is 0 Å². The van der Waals surface area contributed by atoms with Crippen LogP contribution in [0.1, 0.15) is 38.8 Å². The van der Waals surface area contributed by atoms with Crippen molar-refractivity contribution < 1.29 is 0 Å². The second-order valence-electron chi connectivity index (χ2n) is 4.10. The third kappa shape index (κ3) is 3.73. The Morgan fingerprint density at radius 2 is 1.28 bits per heavy atom. The van der Waals surface area contributed by atoms with E-state index in [1.54, 1.807) is 0 Å². The van der Waals surface area contributed by atoms with Crippen molar-refractivity contribution in [3.8, 4) is 11.1 Å². The summed E-state index contributed by atoms with van der Waals surface area (Å²) in [5.41, 5.74) is 5.43. The summed E-state index contributed by atoms with van der Waals surface area (Å²) in [7, 11) is 0. The van der Waals surface area contributed by atoms with E-state index in [1.807, 2.05) is 13.8 Å². The van der Waals surface area contributed by atoms with Gasteiger partial charge in [-0.05, 0) is 35.1 Å². The van der Waals surface area contributed by atoms with Crippen LogP contribution < -0.4 is 0 Å². The first-order chi connectivity index (χ1) is 8.83. The average molecular weight is 240 g/mol. The molecule has 0 bridgehead atoms. The van der Waals surface area contributed by atoms with Crippen LogP contribution in [-0.4, -0.2) is 0 Å².